The van der Waals surface area contributed by atoms with Crippen molar-refractivity contribution in [2.24, 2.45) is 17.8 Å². The van der Waals surface area contributed by atoms with Crippen LogP contribution in [0.3, 0.4) is 0 Å². The number of methoxy groups -OCH3 is 1. The maximum absolute atomic E-state index is 13.5. The molecule has 0 unspecified atom stereocenters. The first-order valence-corrected chi connectivity index (χ1v) is 18.1. The van der Waals surface area contributed by atoms with Gasteiger partial charge in [0.05, 0.1) is 23.6 Å². The first-order chi connectivity index (χ1) is 21.1. The fourth-order valence-corrected chi connectivity index (χ4v) is 9.72. The van der Waals surface area contributed by atoms with Gasteiger partial charge in [0.15, 0.2) is 0 Å². The number of fused-ring (bicyclic) bond motifs is 4. The van der Waals surface area contributed by atoms with E-state index in [1.54, 1.807) is 13.2 Å². The summed E-state index contributed by atoms with van der Waals surface area (Å²) in [6.45, 7) is 6.10. The summed E-state index contributed by atoms with van der Waals surface area (Å²) in [6, 6.07) is 11.6. The number of ether oxygens (including phenoxy) is 2. The molecule has 0 saturated heterocycles. The molecule has 1 N–H and O–H groups in total. The van der Waals surface area contributed by atoms with E-state index in [1.807, 2.05) is 32.0 Å². The van der Waals surface area contributed by atoms with Crippen LogP contribution in [0.2, 0.25) is 5.02 Å². The monoisotopic (exact) mass is 640 g/mol. The van der Waals surface area contributed by atoms with Gasteiger partial charge in [-0.25, -0.2) is 13.1 Å². The van der Waals surface area contributed by atoms with Crippen LogP contribution >= 0.6 is 11.6 Å². The van der Waals surface area contributed by atoms with Gasteiger partial charge in [0.1, 0.15) is 5.75 Å². The van der Waals surface area contributed by atoms with Crippen molar-refractivity contribution >= 4 is 33.2 Å². The second-order valence-electron chi connectivity index (χ2n) is 13.7. The molecule has 6 rings (SSSR count). The fourth-order valence-electron chi connectivity index (χ4n) is 7.90. The molecule has 4 aliphatic rings. The highest BCUT2D eigenvalue weighted by atomic mass is 35.5. The largest absolute Gasteiger partial charge is 0.490 e. The normalized spacial score (nSPS) is 30.8. The zero-order valence-corrected chi connectivity index (χ0v) is 27.6. The summed E-state index contributed by atoms with van der Waals surface area (Å²) in [5.74, 6) is 1.09. The number of allylic oxidation sites excluding steroid dienone is 1. The first-order valence-electron chi connectivity index (χ1n) is 16.1. The topological polar surface area (TPSA) is 84.9 Å². The molecule has 238 valence electrons. The average Bonchev–Trinajstić information content (AvgIpc) is 3.12. The molecule has 2 aliphatic carbocycles. The van der Waals surface area contributed by atoms with Crippen LogP contribution in [0.5, 0.6) is 5.75 Å². The lowest BCUT2D eigenvalue weighted by Gasteiger charge is -2.46. The van der Waals surface area contributed by atoms with Gasteiger partial charge in [-0.05, 0) is 111 Å². The molecule has 1 fully saturated rings. The summed E-state index contributed by atoms with van der Waals surface area (Å²) in [5.41, 5.74) is 3.50. The van der Waals surface area contributed by atoms with Crippen molar-refractivity contribution in [3.63, 3.8) is 0 Å². The lowest BCUT2D eigenvalue weighted by molar-refractivity contribution is 0.0132. The molecule has 2 aromatic carbocycles. The Balaban J connectivity index is 1.41. The Morgan fingerprint density at radius 3 is 2.75 bits per heavy atom. The molecule has 0 radical (unpaired) electrons. The number of hydrogen-bond donors (Lipinski definition) is 1. The van der Waals surface area contributed by atoms with Gasteiger partial charge in [0.25, 0.3) is 5.91 Å². The van der Waals surface area contributed by atoms with Crippen LogP contribution in [0, 0.1) is 17.8 Å². The SMILES string of the molecule is CO[C@H]1/C=C\CC[C@H](CC(C)C)S(=O)(=O)NC(=O)c2ccc3c(c2)N(C[C@@H]2CC[C@H]21)C[C@@]1(CCCc2cc(Cl)ccc21)CO3. The van der Waals surface area contributed by atoms with Crippen LogP contribution in [-0.2, 0) is 26.6 Å². The Labute approximate surface area is 267 Å². The van der Waals surface area contributed by atoms with Crippen molar-refractivity contribution < 1.29 is 22.7 Å². The number of anilines is 1. The number of rotatable bonds is 3. The minimum absolute atomic E-state index is 0.0259. The zero-order valence-electron chi connectivity index (χ0n) is 26.1. The van der Waals surface area contributed by atoms with Gasteiger partial charge < -0.3 is 14.4 Å². The first kappa shape index (κ1) is 31.4. The number of carbonyl (C=O) groups excluding carboxylic acids is 1. The maximum atomic E-state index is 13.5. The molecule has 9 heteroatoms. The summed E-state index contributed by atoms with van der Waals surface area (Å²) in [5, 5.41) is 0.0858. The highest BCUT2D eigenvalue weighted by Crippen LogP contribution is 2.47. The predicted molar refractivity (Wildman–Crippen MR) is 175 cm³/mol. The van der Waals surface area contributed by atoms with Gasteiger partial charge in [-0.3, -0.25) is 4.79 Å². The summed E-state index contributed by atoms with van der Waals surface area (Å²) in [6.07, 6.45) is 10.9. The van der Waals surface area contributed by atoms with Crippen LogP contribution in [0.15, 0.2) is 48.6 Å². The number of hydrogen-bond acceptors (Lipinski definition) is 6. The van der Waals surface area contributed by atoms with Crippen molar-refractivity contribution in [2.45, 2.75) is 82.0 Å². The van der Waals surface area contributed by atoms with E-state index in [2.05, 4.69) is 33.9 Å². The van der Waals surface area contributed by atoms with E-state index < -0.39 is 21.2 Å². The fraction of sp³-hybridized carbons (Fsp3) is 0.571. The lowest BCUT2D eigenvalue weighted by atomic mass is 9.68. The Bertz CT molecular complexity index is 1520. The third-order valence-electron chi connectivity index (χ3n) is 10.3. The Kier molecular flexibility index (Phi) is 9.06. The standard InChI is InChI=1S/C35H45ClN2O5S/c1-23(2)17-28-8-4-5-9-32(42-3)29-13-10-26(29)20-38-21-35(16-6-7-24-18-27(36)12-14-30(24)35)22-43-33-15-11-25(19-31(33)38)34(39)37-44(28,40)41/h5,9,11-12,14-15,18-19,23,26,28-29,32H,4,6-8,10,13,16-17,20-22H2,1-3H3,(H,37,39)/b9-5-/t26-,28+,29+,32-,35-/m0/s1. The molecule has 0 aromatic heterocycles. The van der Waals surface area contributed by atoms with Gasteiger partial charge in [0, 0.05) is 36.2 Å². The Morgan fingerprint density at radius 2 is 2.00 bits per heavy atom. The summed E-state index contributed by atoms with van der Waals surface area (Å²) < 4.78 is 42.1. The number of halogens is 1. The molecule has 2 bridgehead atoms. The van der Waals surface area contributed by atoms with Crippen LogP contribution in [0.4, 0.5) is 5.69 Å². The molecule has 5 atom stereocenters. The predicted octanol–water partition coefficient (Wildman–Crippen LogP) is 6.68. The number of sulfonamides is 1. The average molecular weight is 641 g/mol. The van der Waals surface area contributed by atoms with E-state index in [4.69, 9.17) is 21.1 Å². The molecule has 2 heterocycles. The lowest BCUT2D eigenvalue weighted by Crippen LogP contribution is -2.49. The van der Waals surface area contributed by atoms with Crippen LogP contribution in [0.25, 0.3) is 0 Å². The van der Waals surface area contributed by atoms with Crippen molar-refractivity contribution in [1.29, 1.82) is 0 Å². The number of aryl methyl sites for hydroxylation is 1. The van der Waals surface area contributed by atoms with E-state index in [9.17, 15) is 13.2 Å². The smallest absolute Gasteiger partial charge is 0.264 e. The molecule has 1 spiro atoms. The Morgan fingerprint density at radius 1 is 1.16 bits per heavy atom. The van der Waals surface area contributed by atoms with Crippen LogP contribution < -0.4 is 14.4 Å². The summed E-state index contributed by atoms with van der Waals surface area (Å²) in [7, 11) is -2.12. The second kappa shape index (κ2) is 12.7. The second-order valence-corrected chi connectivity index (χ2v) is 16.1. The molecule has 1 amide bonds. The van der Waals surface area contributed by atoms with E-state index in [0.717, 1.165) is 61.7 Å². The number of nitrogens with one attached hydrogen (secondary N) is 1. The van der Waals surface area contributed by atoms with E-state index >= 15 is 0 Å². The minimum Gasteiger partial charge on any atom is -0.490 e. The number of carbonyl (C=O) groups is 1. The summed E-state index contributed by atoms with van der Waals surface area (Å²) >= 11 is 6.42. The van der Waals surface area contributed by atoms with Gasteiger partial charge in [-0.2, -0.15) is 0 Å². The molecule has 44 heavy (non-hydrogen) atoms. The van der Waals surface area contributed by atoms with E-state index in [1.165, 1.54) is 11.1 Å². The van der Waals surface area contributed by atoms with Crippen molar-refractivity contribution in [3.8, 4) is 5.75 Å². The van der Waals surface area contributed by atoms with Gasteiger partial charge in [0.2, 0.25) is 10.0 Å². The minimum atomic E-state index is -3.89. The van der Waals surface area contributed by atoms with Crippen molar-refractivity contribution in [1.82, 2.24) is 4.72 Å². The molecular weight excluding hydrogens is 596 g/mol. The van der Waals surface area contributed by atoms with Gasteiger partial charge in [-0.1, -0.05) is 43.7 Å². The van der Waals surface area contributed by atoms with Crippen LogP contribution in [0.1, 0.15) is 80.3 Å². The quantitative estimate of drug-likeness (QED) is 0.377. The van der Waals surface area contributed by atoms with Crippen LogP contribution in [-0.4, -0.2) is 52.5 Å². The third-order valence-corrected chi connectivity index (χ3v) is 12.3. The maximum Gasteiger partial charge on any atom is 0.264 e. The van der Waals surface area contributed by atoms with Crippen molar-refractivity contribution in [3.05, 3.63) is 70.3 Å². The highest BCUT2D eigenvalue weighted by Gasteiger charge is 2.44. The highest BCUT2D eigenvalue weighted by molar-refractivity contribution is 7.90. The molecule has 7 nitrogen and oxygen atoms in total. The van der Waals surface area contributed by atoms with Gasteiger partial charge >= 0.3 is 0 Å². The van der Waals surface area contributed by atoms with E-state index in [-0.39, 0.29) is 17.4 Å². The number of benzene rings is 2. The molecule has 1 saturated carbocycles. The summed E-state index contributed by atoms with van der Waals surface area (Å²) in [4.78, 5) is 15.9. The number of nitrogens with zero attached hydrogens (tertiary/aromatic N) is 1. The molecular formula is C35H45ClN2O5S. The third kappa shape index (κ3) is 6.27. The van der Waals surface area contributed by atoms with Gasteiger partial charge in [-0.15, -0.1) is 0 Å². The van der Waals surface area contributed by atoms with Crippen molar-refractivity contribution in [2.75, 3.05) is 31.7 Å². The zero-order chi connectivity index (χ0) is 31.1. The van der Waals surface area contributed by atoms with E-state index in [0.29, 0.717) is 43.3 Å². The molecule has 2 aliphatic heterocycles. The Hall–Kier alpha value is -2.55. The molecule has 2 aromatic rings. The number of amides is 1.